The first kappa shape index (κ1) is 21.3. The van der Waals surface area contributed by atoms with Crippen LogP contribution in [0.25, 0.3) is 11.2 Å². The quantitative estimate of drug-likeness (QED) is 0.515. The second-order valence-corrected chi connectivity index (χ2v) is 9.17. The lowest BCUT2D eigenvalue weighted by Gasteiger charge is -2.17. The first-order chi connectivity index (χ1) is 14.3. The third-order valence-corrected chi connectivity index (χ3v) is 6.86. The zero-order valence-electron chi connectivity index (χ0n) is 16.5. The molecule has 0 bridgehead atoms. The number of aromatic nitrogens is 4. The average Bonchev–Trinajstić information content (AvgIpc) is 3.43. The van der Waals surface area contributed by atoms with Crippen molar-refractivity contribution in [1.29, 1.82) is 0 Å². The van der Waals surface area contributed by atoms with E-state index in [0.29, 0.717) is 0 Å². The minimum Gasteiger partial charge on any atom is -0.312 e. The fourth-order valence-electron chi connectivity index (χ4n) is 3.47. The number of aryl methyl sites for hydroxylation is 2. The molecule has 14 heteroatoms. The number of fused-ring (bicyclic) bond motifs is 1. The highest BCUT2D eigenvalue weighted by Gasteiger charge is 2.65. The molecule has 0 unspecified atom stereocenters. The highest BCUT2D eigenvalue weighted by molar-refractivity contribution is 7.90. The Morgan fingerprint density at radius 2 is 1.71 bits per heavy atom. The molecule has 2 N–H and O–H groups in total. The number of imidazole rings is 1. The van der Waals surface area contributed by atoms with E-state index >= 15 is 0 Å². The molecule has 0 amide bonds. The topological polar surface area (TPSA) is 140 Å². The Bertz CT molecular complexity index is 1450. The molecule has 1 saturated heterocycles. The van der Waals surface area contributed by atoms with Crippen LogP contribution in [0.2, 0.25) is 0 Å². The molecule has 3 heterocycles. The molecular weight excluding hydrogens is 441 g/mol. The van der Waals surface area contributed by atoms with Crippen LogP contribution in [-0.4, -0.2) is 33.3 Å². The van der Waals surface area contributed by atoms with Crippen molar-refractivity contribution in [1.82, 2.24) is 29.5 Å². The van der Waals surface area contributed by atoms with Crippen molar-refractivity contribution in [2.45, 2.75) is 22.7 Å². The lowest BCUT2D eigenvalue weighted by molar-refractivity contribution is -0.165. The van der Waals surface area contributed by atoms with Gasteiger partial charge in [-0.05, 0) is 11.1 Å². The summed E-state index contributed by atoms with van der Waals surface area (Å²) in [6.07, 6.45) is -4.63. The Kier molecular flexibility index (Phi) is 4.47. The van der Waals surface area contributed by atoms with E-state index in [2.05, 4.69) is 15.8 Å². The second-order valence-electron chi connectivity index (χ2n) is 7.29. The molecule has 4 rings (SSSR count). The van der Waals surface area contributed by atoms with Crippen LogP contribution in [0.15, 0.2) is 39.0 Å². The van der Waals surface area contributed by atoms with Crippen molar-refractivity contribution in [3.05, 3.63) is 56.2 Å². The molecule has 0 aliphatic carbocycles. The molecule has 1 aliphatic heterocycles. The normalized spacial score (nSPS) is 16.1. The van der Waals surface area contributed by atoms with E-state index in [-0.39, 0.29) is 22.3 Å². The van der Waals surface area contributed by atoms with Crippen molar-refractivity contribution in [3.8, 4) is 0 Å². The number of nitrogens with zero attached hydrogens (tertiary/aromatic N) is 4. The second kappa shape index (κ2) is 6.51. The van der Waals surface area contributed by atoms with E-state index in [1.165, 1.54) is 39.3 Å². The maximum Gasteiger partial charge on any atom is 0.426 e. The first-order valence-corrected chi connectivity index (χ1v) is 10.5. The molecule has 10 nitrogen and oxygen atoms in total. The van der Waals surface area contributed by atoms with Crippen LogP contribution in [0.3, 0.4) is 0 Å². The van der Waals surface area contributed by atoms with Gasteiger partial charge in [0.15, 0.2) is 11.2 Å². The number of hydrogen-bond acceptors (Lipinski definition) is 7. The Hall–Kier alpha value is -2.97. The van der Waals surface area contributed by atoms with Crippen molar-refractivity contribution >= 4 is 21.0 Å². The number of hydrogen-bond donors (Lipinski definition) is 2. The van der Waals surface area contributed by atoms with Gasteiger partial charge in [-0.2, -0.15) is 18.2 Å². The molecule has 3 aromatic rings. The van der Waals surface area contributed by atoms with Gasteiger partial charge in [0.2, 0.25) is 20.7 Å². The molecule has 0 spiro atoms. The lowest BCUT2D eigenvalue weighted by atomic mass is 10.0. The molecule has 0 atom stereocenters. The van der Waals surface area contributed by atoms with E-state index in [1.54, 1.807) is 0 Å². The highest BCUT2D eigenvalue weighted by atomic mass is 32.2. The molecule has 1 aromatic carbocycles. The Labute approximate surface area is 172 Å². The van der Waals surface area contributed by atoms with E-state index in [4.69, 9.17) is 0 Å². The molecule has 0 radical (unpaired) electrons. The summed E-state index contributed by atoms with van der Waals surface area (Å²) in [7, 11) is -0.248. The largest absolute Gasteiger partial charge is 0.426 e. The van der Waals surface area contributed by atoms with Gasteiger partial charge in [-0.25, -0.2) is 24.1 Å². The van der Waals surface area contributed by atoms with Gasteiger partial charge in [0, 0.05) is 21.1 Å². The van der Waals surface area contributed by atoms with Crippen LogP contribution < -0.4 is 22.1 Å². The number of halogens is 3. The van der Waals surface area contributed by atoms with Crippen molar-refractivity contribution in [2.75, 3.05) is 0 Å². The smallest absolute Gasteiger partial charge is 0.312 e. The minimum absolute atomic E-state index is 0.0840. The predicted molar refractivity (Wildman–Crippen MR) is 103 cm³/mol. The average molecular weight is 458 g/mol. The van der Waals surface area contributed by atoms with Gasteiger partial charge in [-0.15, -0.1) is 0 Å². The van der Waals surface area contributed by atoms with Gasteiger partial charge in [-0.1, -0.05) is 24.3 Å². The number of alkyl halides is 3. The SMILES string of the molecule is Cn1c(=O)c2c(nc(S(=O)(=O)Cc3cccc(C4(C(F)(F)F)NN4)c3)n2C)n(C)c1=O. The van der Waals surface area contributed by atoms with Crippen LogP contribution in [0.1, 0.15) is 11.1 Å². The van der Waals surface area contributed by atoms with Crippen molar-refractivity contribution < 1.29 is 21.6 Å². The summed E-state index contributed by atoms with van der Waals surface area (Å²) in [5.41, 5.74) is 0.0500. The fraction of sp³-hybridized carbons (Fsp3) is 0.353. The van der Waals surface area contributed by atoms with Crippen molar-refractivity contribution in [3.63, 3.8) is 0 Å². The molecule has 31 heavy (non-hydrogen) atoms. The number of nitrogens with one attached hydrogen (secondary N) is 2. The Balaban J connectivity index is 1.79. The number of sulfone groups is 1. The van der Waals surface area contributed by atoms with E-state index < -0.39 is 43.8 Å². The standard InChI is InChI=1S/C17H17F3N6O4S/c1-24-11-12(25(2)15(28)26(3)13(11)27)21-14(24)31(29,30)8-9-5-4-6-10(7-9)16(22-23-16)17(18,19)20/h4-7,22-23H,8H2,1-3H3. The summed E-state index contributed by atoms with van der Waals surface area (Å²) in [6.45, 7) is 0. The molecule has 0 saturated carbocycles. The molecule has 1 fully saturated rings. The Morgan fingerprint density at radius 1 is 1.06 bits per heavy atom. The first-order valence-electron chi connectivity index (χ1n) is 8.86. The van der Waals surface area contributed by atoms with Gasteiger partial charge in [0.1, 0.15) is 0 Å². The number of hydrazine groups is 1. The van der Waals surface area contributed by atoms with Gasteiger partial charge < -0.3 is 4.57 Å². The Morgan fingerprint density at radius 3 is 2.29 bits per heavy atom. The van der Waals surface area contributed by atoms with E-state index in [0.717, 1.165) is 19.8 Å². The third-order valence-electron chi connectivity index (χ3n) is 5.23. The zero-order valence-corrected chi connectivity index (χ0v) is 17.3. The van der Waals surface area contributed by atoms with Crippen LogP contribution >= 0.6 is 0 Å². The summed E-state index contributed by atoms with van der Waals surface area (Å²) >= 11 is 0. The fourth-order valence-corrected chi connectivity index (χ4v) is 4.95. The maximum absolute atomic E-state index is 13.3. The maximum atomic E-state index is 13.3. The van der Waals surface area contributed by atoms with Crippen LogP contribution in [-0.2, 0) is 42.4 Å². The van der Waals surface area contributed by atoms with Gasteiger partial charge >= 0.3 is 11.9 Å². The summed E-state index contributed by atoms with van der Waals surface area (Å²) < 4.78 is 68.9. The van der Waals surface area contributed by atoms with Gasteiger partial charge in [0.25, 0.3) is 5.56 Å². The molecule has 2 aromatic heterocycles. The summed E-state index contributed by atoms with van der Waals surface area (Å²) in [4.78, 5) is 28.5. The van der Waals surface area contributed by atoms with Crippen molar-refractivity contribution in [2.24, 2.45) is 21.1 Å². The number of rotatable bonds is 4. The van der Waals surface area contributed by atoms with Gasteiger partial charge in [0.05, 0.1) is 5.75 Å². The minimum atomic E-state index is -4.63. The predicted octanol–water partition coefficient (Wildman–Crippen LogP) is -0.232. The third kappa shape index (κ3) is 3.09. The molecule has 166 valence electrons. The van der Waals surface area contributed by atoms with E-state index in [1.807, 2.05) is 0 Å². The number of benzene rings is 1. The summed E-state index contributed by atoms with van der Waals surface area (Å²) in [6, 6.07) is 5.06. The van der Waals surface area contributed by atoms with E-state index in [9.17, 15) is 31.2 Å². The zero-order chi connectivity index (χ0) is 22.9. The monoisotopic (exact) mass is 458 g/mol. The van der Waals surface area contributed by atoms with Gasteiger partial charge in [-0.3, -0.25) is 13.9 Å². The molecule has 1 aliphatic rings. The summed E-state index contributed by atoms with van der Waals surface area (Å²) in [5, 5.41) is -0.473. The lowest BCUT2D eigenvalue weighted by Crippen LogP contribution is -2.37. The van der Waals surface area contributed by atoms with Crippen LogP contribution in [0, 0.1) is 0 Å². The van der Waals surface area contributed by atoms with Crippen LogP contribution in [0.4, 0.5) is 13.2 Å². The highest BCUT2D eigenvalue weighted by Crippen LogP contribution is 2.42. The van der Waals surface area contributed by atoms with Crippen LogP contribution in [0.5, 0.6) is 0 Å². The molecular formula is C17H17F3N6O4S. The summed E-state index contributed by atoms with van der Waals surface area (Å²) in [5.74, 6) is -0.653.